The molecule has 0 fully saturated rings. The van der Waals surface area contributed by atoms with E-state index >= 15 is 0 Å². The zero-order valence-corrected chi connectivity index (χ0v) is 10.8. The molecule has 0 spiro atoms. The van der Waals surface area contributed by atoms with Gasteiger partial charge in [0.1, 0.15) is 19.3 Å². The van der Waals surface area contributed by atoms with E-state index in [2.05, 4.69) is 11.9 Å². The molecule has 0 aromatic rings. The fraction of sp³-hybridized carbons (Fsp3) is 0.538. The second-order valence-electron chi connectivity index (χ2n) is 4.41. The van der Waals surface area contributed by atoms with Crippen LogP contribution in [0.15, 0.2) is 29.5 Å². The van der Waals surface area contributed by atoms with E-state index in [-0.39, 0.29) is 11.0 Å². The van der Waals surface area contributed by atoms with Gasteiger partial charge in [0.05, 0.1) is 12.2 Å². The molecule has 1 rings (SSSR count). The molecule has 2 N–H and O–H groups in total. The zero-order chi connectivity index (χ0) is 13.4. The van der Waals surface area contributed by atoms with Crippen molar-refractivity contribution in [2.45, 2.75) is 26.2 Å². The van der Waals surface area contributed by atoms with Gasteiger partial charge in [-0.3, -0.25) is 0 Å². The van der Waals surface area contributed by atoms with Gasteiger partial charge in [0.2, 0.25) is 5.84 Å². The first-order valence-corrected chi connectivity index (χ1v) is 6.34. The van der Waals surface area contributed by atoms with Crippen LogP contribution in [0.3, 0.4) is 0 Å². The predicted molar refractivity (Wildman–Crippen MR) is 69.3 cm³/mol. The van der Waals surface area contributed by atoms with Crippen LogP contribution >= 0.6 is 0 Å². The summed E-state index contributed by atoms with van der Waals surface area (Å²) in [4.78, 5) is 15.1. The van der Waals surface area contributed by atoms with Crippen LogP contribution in [0.4, 0.5) is 0 Å². The summed E-state index contributed by atoms with van der Waals surface area (Å²) in [5.41, 5.74) is 5.57. The summed E-state index contributed by atoms with van der Waals surface area (Å²) in [6, 6.07) is 0. The fourth-order valence-corrected chi connectivity index (χ4v) is 1.99. The van der Waals surface area contributed by atoms with Crippen LogP contribution in [0.5, 0.6) is 0 Å². The number of carbonyl (C=O) groups is 1. The van der Waals surface area contributed by atoms with Gasteiger partial charge in [-0.1, -0.05) is 25.8 Å². The van der Waals surface area contributed by atoms with E-state index in [1.807, 2.05) is 12.2 Å². The predicted octanol–water partition coefficient (Wildman–Crippen LogP) is 0.142. The largest absolute Gasteiger partial charge is 0.544 e. The lowest BCUT2D eigenvalue weighted by Crippen LogP contribution is -2.54. The topological polar surface area (TPSA) is 78.5 Å². The number of nitrogens with two attached hydrogens (primary N) is 1. The van der Waals surface area contributed by atoms with Gasteiger partial charge in [-0.15, -0.1) is 0 Å². The number of carbonyl (C=O) groups excluding carboxylic acids is 1. The summed E-state index contributed by atoms with van der Waals surface area (Å²) in [6.07, 6.45) is 10.6. The third kappa shape index (κ3) is 3.78. The molecule has 1 heterocycles. The van der Waals surface area contributed by atoms with Gasteiger partial charge < -0.3 is 15.6 Å². The van der Waals surface area contributed by atoms with Gasteiger partial charge in [0, 0.05) is 12.6 Å². The minimum absolute atomic E-state index is 0.120. The Kier molecular flexibility index (Phi) is 5.74. The molecule has 0 aliphatic carbocycles. The molecule has 100 valence electrons. The maximum atomic E-state index is 10.9. The first-order chi connectivity index (χ1) is 8.64. The number of carboxylic acids is 1. The highest BCUT2D eigenvalue weighted by molar-refractivity contribution is 5.90. The molecule has 0 aromatic carbocycles. The lowest BCUT2D eigenvalue weighted by atomic mass is 10.2. The molecule has 18 heavy (non-hydrogen) atoms. The summed E-state index contributed by atoms with van der Waals surface area (Å²) in [7, 11) is 0. The van der Waals surface area contributed by atoms with Crippen LogP contribution in [-0.2, 0) is 4.79 Å². The monoisotopic (exact) mass is 251 g/mol. The molecule has 0 aromatic heterocycles. The highest BCUT2D eigenvalue weighted by atomic mass is 16.4. The minimum atomic E-state index is -1.09. The average Bonchev–Trinajstić information content (AvgIpc) is 2.67. The van der Waals surface area contributed by atoms with Crippen molar-refractivity contribution < 1.29 is 14.4 Å². The Morgan fingerprint density at radius 3 is 3.00 bits per heavy atom. The van der Waals surface area contributed by atoms with Crippen molar-refractivity contribution in [3.63, 3.8) is 0 Å². The highest BCUT2D eigenvalue weighted by Crippen LogP contribution is 2.17. The fourth-order valence-electron chi connectivity index (χ4n) is 1.99. The molecule has 1 aliphatic heterocycles. The summed E-state index contributed by atoms with van der Waals surface area (Å²) in [5.74, 6) is -0.370. The number of hydrogen-bond acceptors (Lipinski definition) is 4. The van der Waals surface area contributed by atoms with E-state index in [0.717, 1.165) is 25.1 Å². The molecular formula is C13H21N3O2. The number of carboxylic acid groups (broad SMARTS) is 1. The molecule has 0 saturated carbocycles. The van der Waals surface area contributed by atoms with E-state index in [9.17, 15) is 9.90 Å². The quantitative estimate of drug-likeness (QED) is 0.492. The molecule has 5 nitrogen and oxygen atoms in total. The first-order valence-electron chi connectivity index (χ1n) is 6.34. The van der Waals surface area contributed by atoms with Gasteiger partial charge in [-0.25, -0.2) is 4.48 Å². The second kappa shape index (κ2) is 7.08. The van der Waals surface area contributed by atoms with Gasteiger partial charge in [-0.2, -0.15) is 4.99 Å². The molecule has 0 bridgehead atoms. The number of quaternary nitrogens is 1. The summed E-state index contributed by atoms with van der Waals surface area (Å²) < 4.78 is 0.154. The standard InChI is InChI=1S/C13H21N3O2/c1-2-3-4-5-6-12-15-8-10-16(12,9-7-14)11-13(17)18/h5-6,8,10H,2-4,7,9,11,14H2,1H3/b6-5+. The van der Waals surface area contributed by atoms with E-state index < -0.39 is 5.97 Å². The molecular weight excluding hydrogens is 230 g/mol. The third-order valence-electron chi connectivity index (χ3n) is 2.95. The van der Waals surface area contributed by atoms with Crippen molar-refractivity contribution in [1.29, 1.82) is 0 Å². The summed E-state index contributed by atoms with van der Waals surface area (Å²) >= 11 is 0. The van der Waals surface area contributed by atoms with E-state index in [1.165, 1.54) is 0 Å². The summed E-state index contributed by atoms with van der Waals surface area (Å²) in [5, 5.41) is 10.9. The maximum Gasteiger partial charge on any atom is 0.232 e. The van der Waals surface area contributed by atoms with E-state index in [1.54, 1.807) is 12.4 Å². The smallest absolute Gasteiger partial charge is 0.232 e. The minimum Gasteiger partial charge on any atom is -0.544 e. The van der Waals surface area contributed by atoms with E-state index in [4.69, 9.17) is 5.73 Å². The number of unbranched alkanes of at least 4 members (excludes halogenated alkanes) is 2. The molecule has 1 atom stereocenters. The Hall–Kier alpha value is -1.46. The number of rotatable bonds is 8. The Bertz CT molecular complexity index is 374. The Morgan fingerprint density at radius 2 is 2.39 bits per heavy atom. The van der Waals surface area contributed by atoms with Crippen molar-refractivity contribution in [3.8, 4) is 0 Å². The van der Waals surface area contributed by atoms with Crippen molar-refractivity contribution in [2.24, 2.45) is 10.7 Å². The van der Waals surface area contributed by atoms with Crippen molar-refractivity contribution in [3.05, 3.63) is 24.6 Å². The van der Waals surface area contributed by atoms with Crippen molar-refractivity contribution in [1.82, 2.24) is 0 Å². The normalized spacial score (nSPS) is 22.7. The van der Waals surface area contributed by atoms with Crippen LogP contribution in [0.2, 0.25) is 0 Å². The number of hydrogen-bond donors (Lipinski definition) is 1. The van der Waals surface area contributed by atoms with Crippen LogP contribution in [-0.4, -0.2) is 35.9 Å². The van der Waals surface area contributed by atoms with E-state index in [0.29, 0.717) is 13.1 Å². The highest BCUT2D eigenvalue weighted by Gasteiger charge is 2.33. The number of nitrogens with zero attached hydrogens (tertiary/aromatic N) is 2. The molecule has 0 amide bonds. The van der Waals surface area contributed by atoms with Gasteiger partial charge >= 0.3 is 0 Å². The molecule has 0 saturated heterocycles. The molecule has 1 aliphatic rings. The van der Waals surface area contributed by atoms with Crippen LogP contribution in [0, 0.1) is 0 Å². The number of aliphatic imine (C=N–C) groups is 1. The lowest BCUT2D eigenvalue weighted by molar-refractivity contribution is -0.778. The van der Waals surface area contributed by atoms with Crippen molar-refractivity contribution in [2.75, 3.05) is 19.6 Å². The van der Waals surface area contributed by atoms with Crippen LogP contribution in [0.25, 0.3) is 0 Å². The summed E-state index contributed by atoms with van der Waals surface area (Å²) in [6.45, 7) is 2.93. The third-order valence-corrected chi connectivity index (χ3v) is 2.95. The van der Waals surface area contributed by atoms with Gasteiger partial charge in [0.25, 0.3) is 0 Å². The lowest BCUT2D eigenvalue weighted by Gasteiger charge is -2.31. The zero-order valence-electron chi connectivity index (χ0n) is 10.8. The van der Waals surface area contributed by atoms with Crippen LogP contribution in [0.1, 0.15) is 26.2 Å². The molecule has 0 radical (unpaired) electrons. The first kappa shape index (κ1) is 14.6. The Balaban J connectivity index is 2.76. The number of aliphatic carboxylic acids is 1. The number of amidine groups is 1. The Morgan fingerprint density at radius 1 is 1.61 bits per heavy atom. The average molecular weight is 251 g/mol. The van der Waals surface area contributed by atoms with Gasteiger partial charge in [0.15, 0.2) is 0 Å². The van der Waals surface area contributed by atoms with Gasteiger partial charge in [-0.05, 0) is 6.42 Å². The molecule has 1 unspecified atom stereocenters. The van der Waals surface area contributed by atoms with Crippen LogP contribution < -0.4 is 10.8 Å². The number of allylic oxidation sites excluding steroid dienone is 1. The second-order valence-corrected chi connectivity index (χ2v) is 4.41. The maximum absolute atomic E-state index is 10.9. The van der Waals surface area contributed by atoms with Crippen molar-refractivity contribution >= 4 is 11.8 Å². The Labute approximate surface area is 108 Å². The molecule has 5 heteroatoms. The SMILES string of the molecule is CCCC/C=C/C1=NC=C[N+]1(CCN)CC(=O)[O-].